The van der Waals surface area contributed by atoms with Crippen LogP contribution in [0.2, 0.25) is 0 Å². The molecule has 0 radical (unpaired) electrons. The van der Waals surface area contributed by atoms with E-state index in [1.165, 1.54) is 257 Å². The summed E-state index contributed by atoms with van der Waals surface area (Å²) in [4.78, 5) is 0. The van der Waals surface area contributed by atoms with Crippen molar-refractivity contribution in [2.45, 2.75) is 628 Å². The van der Waals surface area contributed by atoms with Crippen LogP contribution in [0.15, 0.2) is 0 Å². The van der Waals surface area contributed by atoms with E-state index < -0.39 is 114 Å². The average molecular weight is 2360 g/mol. The smallest absolute Gasteiger partial charge is 0.233 e. The summed E-state index contributed by atoms with van der Waals surface area (Å²) in [5.74, 6) is 20.2. The first-order valence-electron chi connectivity index (χ1n) is 64.1. The Balaban J connectivity index is -0.000000934. The van der Waals surface area contributed by atoms with E-state index in [1.807, 2.05) is 0 Å². The summed E-state index contributed by atoms with van der Waals surface area (Å²) in [6.45, 7) is 52.2. The molecule has 12 nitrogen and oxygen atoms in total. The van der Waals surface area contributed by atoms with E-state index in [4.69, 9.17) is 31.8 Å². The molecule has 0 unspecified atom stereocenters. The summed E-state index contributed by atoms with van der Waals surface area (Å²) < 4.78 is 167. The molecular weight excluding hydrogens is 2090 g/mol. The quantitative estimate of drug-likeness (QED) is 0.0325. The molecule has 0 bridgehead atoms. The largest absolute Gasteiger partial charge is 0.532 e. The zero-order valence-electron chi connectivity index (χ0n) is 103. The molecule has 0 spiro atoms. The first kappa shape index (κ1) is 157. The Morgan fingerprint density at radius 3 is 0.243 bits per heavy atom. The maximum Gasteiger partial charge on any atom is 0.532 e. The predicted octanol–water partition coefficient (Wildman–Crippen LogP) is 50.7. The van der Waals surface area contributed by atoms with Gasteiger partial charge in [0.05, 0.1) is 0 Å². The Hall–Kier alpha value is 3.12. The van der Waals surface area contributed by atoms with Gasteiger partial charge in [-0.25, -0.2) is 50.0 Å². The lowest BCUT2D eigenvalue weighted by Gasteiger charge is -2.44. The molecule has 148 heavy (non-hydrogen) atoms. The van der Waals surface area contributed by atoms with Gasteiger partial charge in [0.15, 0.2) is 0 Å². The van der Waals surface area contributed by atoms with Gasteiger partial charge in [0, 0.05) is 0 Å². The summed E-state index contributed by atoms with van der Waals surface area (Å²) in [6.07, 6.45) is 83.7. The van der Waals surface area contributed by atoms with Crippen LogP contribution in [0.4, 0.5) is 16.8 Å². The van der Waals surface area contributed by atoms with E-state index in [0.29, 0.717) is 0 Å². The van der Waals surface area contributed by atoms with E-state index >= 15 is 16.8 Å². The molecule has 0 saturated carbocycles. The molecule has 0 heterocycles. The van der Waals surface area contributed by atoms with Crippen molar-refractivity contribution in [2.75, 3.05) is 138 Å². The number of rotatable bonds is 112. The second kappa shape index (κ2) is 104. The lowest BCUT2D eigenvalue weighted by atomic mass is 10.1. The third-order valence-corrected chi connectivity index (χ3v) is 70.7. The topological polar surface area (TPSA) is 142 Å². The second-order valence-corrected chi connectivity index (χ2v) is 77.4. The molecular formula is C120H264F4O12P4S8. The number of hydrogen-bond acceptors (Lipinski definition) is 12. The van der Waals surface area contributed by atoms with E-state index in [1.54, 1.807) is 0 Å². The van der Waals surface area contributed by atoms with Crippen LogP contribution in [-0.4, -0.2) is 138 Å². The second-order valence-electron chi connectivity index (χ2n) is 43.9. The van der Waals surface area contributed by atoms with Gasteiger partial charge < -0.3 is 0 Å². The molecule has 0 N–H and O–H groups in total. The standard InChI is InChI=1S/4C30H66FO3PS2/c4*1-7-13-15-17-19-21-23-29-36(25-9-3,26-10-4)33-35(31,32)34-37(27-11-5,28-12-6)30-24-22-20-18-16-14-8-2/h4*7-30H2,1-6H3. The van der Waals surface area contributed by atoms with Crippen molar-refractivity contribution in [3.05, 3.63) is 0 Å². The molecule has 0 aliphatic heterocycles. The molecule has 0 aliphatic rings. The molecule has 0 saturated heterocycles. The molecule has 0 aromatic carbocycles. The highest BCUT2D eigenvalue weighted by Gasteiger charge is 2.47. The molecule has 912 valence electrons. The minimum Gasteiger partial charge on any atom is -0.233 e. The van der Waals surface area contributed by atoms with Crippen LogP contribution in [0, 0.1) is 0 Å². The van der Waals surface area contributed by atoms with Crippen molar-refractivity contribution >= 4 is 114 Å². The van der Waals surface area contributed by atoms with Gasteiger partial charge in [-0.05, 0) is 292 Å². The Morgan fingerprint density at radius 1 is 0.108 bits per heavy atom. The first-order valence-corrected chi connectivity index (χ1v) is 86.4. The fourth-order valence-corrected chi connectivity index (χ4v) is 64.6. The minimum absolute atomic E-state index is 0.829. The van der Waals surface area contributed by atoms with Crippen molar-refractivity contribution < 1.29 is 66.8 Å². The molecule has 0 aromatic heterocycles. The summed E-state index contributed by atoms with van der Waals surface area (Å²) in [7, 11) is -32.4. The third kappa shape index (κ3) is 85.9. The minimum atomic E-state index is -4.62. The molecule has 28 heteroatoms. The highest BCUT2D eigenvalue weighted by atomic mass is 32.3. The molecule has 0 amide bonds. The number of hydrogen-bond donors (Lipinski definition) is 0. The van der Waals surface area contributed by atoms with E-state index in [2.05, 4.69) is 166 Å². The zero-order valence-corrected chi connectivity index (χ0v) is 113. The highest BCUT2D eigenvalue weighted by molar-refractivity contribution is 8.35. The lowest BCUT2D eigenvalue weighted by Crippen LogP contribution is -2.19. The maximum atomic E-state index is 16.0. The fraction of sp³-hybridized carbons (Fsp3) is 1.00. The van der Waals surface area contributed by atoms with Crippen LogP contribution in [0.5, 0.6) is 0 Å². The van der Waals surface area contributed by atoms with E-state index in [-0.39, 0.29) is 0 Å². The van der Waals surface area contributed by atoms with Crippen LogP contribution in [0.25, 0.3) is 0 Å². The monoisotopic (exact) mass is 2350 g/mol. The summed E-state index contributed by atoms with van der Waals surface area (Å²) in [5.41, 5.74) is 0. The molecule has 0 aromatic rings. The van der Waals surface area contributed by atoms with Crippen molar-refractivity contribution in [1.82, 2.24) is 0 Å². The molecule has 0 aliphatic carbocycles. The van der Waals surface area contributed by atoms with Crippen molar-refractivity contribution in [2.24, 2.45) is 0 Å². The van der Waals surface area contributed by atoms with Crippen molar-refractivity contribution in [3.63, 3.8) is 0 Å². The Morgan fingerprint density at radius 2 is 0.176 bits per heavy atom. The van der Waals surface area contributed by atoms with Gasteiger partial charge in [-0.2, -0.15) is 0 Å². The Bertz CT molecular complexity index is 2420. The van der Waals surface area contributed by atoms with Crippen molar-refractivity contribution in [3.8, 4) is 0 Å². The van der Waals surface area contributed by atoms with Gasteiger partial charge in [-0.15, -0.1) is 99.3 Å². The van der Waals surface area contributed by atoms with E-state index in [9.17, 15) is 18.3 Å². The SMILES string of the molecule is CCCCCCCCCS(CCC)(CCC)OP(=O)(F)OS(CCC)(CCC)CCCCCCCCC.CCCCCCCCCS(CCC)(CCC)OP(=O)(F)OS(CCC)(CCC)CCCCCCCCC.CCCCCCCCCS(CCC)(CCC)OP(=O)(F)OS(CCC)(CCC)CCCCCCCCC.CCCCCCCCCS(CCC)(CCC)OP(=O)(F)OS(CCC)(CCC)CCCCCCCCC. The fourth-order valence-electron chi connectivity index (χ4n) is 21.4. The van der Waals surface area contributed by atoms with Crippen LogP contribution in [0.3, 0.4) is 0 Å². The third-order valence-electron chi connectivity index (χ3n) is 28.2. The summed E-state index contributed by atoms with van der Waals surface area (Å²) in [6, 6.07) is 0. The van der Waals surface area contributed by atoms with Gasteiger partial charge in [0.1, 0.15) is 0 Å². The lowest BCUT2D eigenvalue weighted by molar-refractivity contribution is 0.361. The maximum absolute atomic E-state index is 16.0. The number of unbranched alkanes of at least 4 members (excludes halogenated alkanes) is 48. The van der Waals surface area contributed by atoms with Gasteiger partial charge >= 0.3 is 31.6 Å². The summed E-state index contributed by atoms with van der Waals surface area (Å²) in [5, 5.41) is 0. The van der Waals surface area contributed by atoms with Crippen LogP contribution in [0.1, 0.15) is 628 Å². The van der Waals surface area contributed by atoms with E-state index in [0.717, 1.165) is 344 Å². The number of halogens is 4. The predicted molar refractivity (Wildman–Crippen MR) is 690 cm³/mol. The van der Waals surface area contributed by atoms with Crippen LogP contribution >= 0.6 is 114 Å². The summed E-state index contributed by atoms with van der Waals surface area (Å²) >= 11 is 0. The highest BCUT2D eigenvalue weighted by Crippen LogP contribution is 2.78. The van der Waals surface area contributed by atoms with Crippen LogP contribution in [-0.2, 0) is 50.0 Å². The van der Waals surface area contributed by atoms with Crippen molar-refractivity contribution in [1.29, 1.82) is 0 Å². The molecule has 0 fully saturated rings. The first-order chi connectivity index (χ1) is 71.1. The Kier molecular flexibility index (Phi) is 111. The van der Waals surface area contributed by atoms with Crippen LogP contribution < -0.4 is 0 Å². The van der Waals surface area contributed by atoms with Gasteiger partial charge in [0.2, 0.25) is 0 Å². The molecule has 0 atom stereocenters. The molecule has 0 rings (SSSR count). The van der Waals surface area contributed by atoms with Gasteiger partial charge in [0.25, 0.3) is 0 Å². The van der Waals surface area contributed by atoms with Gasteiger partial charge in [-0.3, -0.25) is 0 Å². The normalized spacial score (nSPS) is 13.8. The van der Waals surface area contributed by atoms with Gasteiger partial charge in [-0.1, -0.05) is 474 Å². The zero-order chi connectivity index (χ0) is 112. The average Bonchev–Trinajstić information content (AvgIpc) is 0.817. The Labute approximate surface area is 939 Å².